The monoisotopic (exact) mass is 380 g/mol. The van der Waals surface area contributed by atoms with Crippen molar-refractivity contribution in [1.29, 1.82) is 0 Å². The smallest absolute Gasteiger partial charge is 0.243 e. The molecule has 0 saturated carbocycles. The fourth-order valence-electron chi connectivity index (χ4n) is 3.06. The predicted octanol–water partition coefficient (Wildman–Crippen LogP) is 3.52. The maximum absolute atomic E-state index is 12.8. The number of nitrogens with one attached hydrogen (secondary N) is 1. The van der Waals surface area contributed by atoms with Crippen molar-refractivity contribution in [2.24, 2.45) is 5.92 Å². The molecule has 1 amide bonds. The standard InChI is InChI=1S/C20H32N2O3S/c1-6-20(4,5)21-19(23)17-11-13-22(14-12-17)26(24,25)18-9-7-16(8-10-18)15(2)3/h7-10,15,17H,6,11-14H2,1-5H3,(H,21,23). The number of sulfonamides is 1. The normalized spacial score (nSPS) is 17.5. The van der Waals surface area contributed by atoms with E-state index in [0.717, 1.165) is 12.0 Å². The van der Waals surface area contributed by atoms with Gasteiger partial charge in [-0.3, -0.25) is 4.79 Å². The molecule has 2 rings (SSSR count). The summed E-state index contributed by atoms with van der Waals surface area (Å²) >= 11 is 0. The van der Waals surface area contributed by atoms with Crippen LogP contribution in [-0.2, 0) is 14.8 Å². The van der Waals surface area contributed by atoms with Crippen LogP contribution in [0.25, 0.3) is 0 Å². The third-order valence-electron chi connectivity index (χ3n) is 5.35. The summed E-state index contributed by atoms with van der Waals surface area (Å²) in [6.07, 6.45) is 1.99. The first-order chi connectivity index (χ1) is 12.1. The van der Waals surface area contributed by atoms with Gasteiger partial charge in [0, 0.05) is 24.5 Å². The summed E-state index contributed by atoms with van der Waals surface area (Å²) < 4.78 is 27.2. The first-order valence-corrected chi connectivity index (χ1v) is 10.9. The molecule has 5 nitrogen and oxygen atoms in total. The van der Waals surface area contributed by atoms with E-state index in [2.05, 4.69) is 19.2 Å². The topological polar surface area (TPSA) is 66.5 Å². The Hall–Kier alpha value is -1.40. The summed E-state index contributed by atoms with van der Waals surface area (Å²) in [4.78, 5) is 12.8. The van der Waals surface area contributed by atoms with Crippen LogP contribution in [0.15, 0.2) is 29.2 Å². The lowest BCUT2D eigenvalue weighted by atomic mass is 9.94. The van der Waals surface area contributed by atoms with E-state index in [-0.39, 0.29) is 17.4 Å². The van der Waals surface area contributed by atoms with Crippen molar-refractivity contribution in [3.8, 4) is 0 Å². The minimum atomic E-state index is -3.49. The number of carbonyl (C=O) groups is 1. The van der Waals surface area contributed by atoms with Crippen molar-refractivity contribution < 1.29 is 13.2 Å². The van der Waals surface area contributed by atoms with Gasteiger partial charge in [0.2, 0.25) is 15.9 Å². The van der Waals surface area contributed by atoms with Crippen LogP contribution in [0, 0.1) is 5.92 Å². The van der Waals surface area contributed by atoms with E-state index >= 15 is 0 Å². The molecule has 0 unspecified atom stereocenters. The van der Waals surface area contributed by atoms with E-state index in [9.17, 15) is 13.2 Å². The fourth-order valence-corrected chi connectivity index (χ4v) is 4.53. The van der Waals surface area contributed by atoms with E-state index in [0.29, 0.717) is 36.7 Å². The highest BCUT2D eigenvalue weighted by atomic mass is 32.2. The SMILES string of the molecule is CCC(C)(C)NC(=O)C1CCN(S(=O)(=O)c2ccc(C(C)C)cc2)CC1. The highest BCUT2D eigenvalue weighted by molar-refractivity contribution is 7.89. The number of hydrogen-bond acceptors (Lipinski definition) is 3. The van der Waals surface area contributed by atoms with Crippen molar-refractivity contribution >= 4 is 15.9 Å². The Balaban J connectivity index is 2.01. The summed E-state index contributed by atoms with van der Waals surface area (Å²) in [6.45, 7) is 11.0. The lowest BCUT2D eigenvalue weighted by Gasteiger charge is -2.33. The third-order valence-corrected chi connectivity index (χ3v) is 7.27. The summed E-state index contributed by atoms with van der Waals surface area (Å²) in [7, 11) is -3.49. The largest absolute Gasteiger partial charge is 0.351 e. The van der Waals surface area contributed by atoms with Crippen LogP contribution in [0.1, 0.15) is 65.4 Å². The zero-order valence-corrected chi connectivity index (χ0v) is 17.4. The Morgan fingerprint density at radius 3 is 2.19 bits per heavy atom. The van der Waals surface area contributed by atoms with Crippen molar-refractivity contribution in [3.63, 3.8) is 0 Å². The van der Waals surface area contributed by atoms with Crippen LogP contribution in [0.5, 0.6) is 0 Å². The Morgan fingerprint density at radius 2 is 1.73 bits per heavy atom. The van der Waals surface area contributed by atoms with Crippen molar-refractivity contribution in [1.82, 2.24) is 9.62 Å². The summed E-state index contributed by atoms with van der Waals surface area (Å²) in [6, 6.07) is 7.13. The molecule has 6 heteroatoms. The minimum Gasteiger partial charge on any atom is -0.351 e. The molecule has 0 aromatic heterocycles. The Kier molecular flexibility index (Phi) is 6.51. The van der Waals surface area contributed by atoms with Crippen LogP contribution >= 0.6 is 0 Å². The maximum Gasteiger partial charge on any atom is 0.243 e. The number of rotatable bonds is 6. The lowest BCUT2D eigenvalue weighted by molar-refractivity contribution is -0.127. The molecule has 1 saturated heterocycles. The number of amides is 1. The zero-order chi connectivity index (χ0) is 19.5. The molecule has 0 bridgehead atoms. The molecule has 1 aromatic rings. The molecule has 0 aliphatic carbocycles. The molecule has 0 spiro atoms. The molecule has 1 aliphatic heterocycles. The van der Waals surface area contributed by atoms with E-state index in [1.807, 2.05) is 32.9 Å². The summed E-state index contributed by atoms with van der Waals surface area (Å²) in [5.74, 6) is 0.291. The van der Waals surface area contributed by atoms with Gasteiger partial charge in [0.25, 0.3) is 0 Å². The van der Waals surface area contributed by atoms with Gasteiger partial charge in [-0.15, -0.1) is 0 Å². The molecular weight excluding hydrogens is 348 g/mol. The predicted molar refractivity (Wildman–Crippen MR) is 105 cm³/mol. The zero-order valence-electron chi connectivity index (χ0n) is 16.6. The van der Waals surface area contributed by atoms with Crippen molar-refractivity contribution in [2.75, 3.05) is 13.1 Å². The third kappa shape index (κ3) is 4.86. The molecule has 1 N–H and O–H groups in total. The number of hydrogen-bond donors (Lipinski definition) is 1. The average molecular weight is 381 g/mol. The highest BCUT2D eigenvalue weighted by Crippen LogP contribution is 2.26. The Bertz CT molecular complexity index is 716. The molecular formula is C20H32N2O3S. The lowest BCUT2D eigenvalue weighted by Crippen LogP contribution is -2.48. The van der Waals surface area contributed by atoms with Gasteiger partial charge >= 0.3 is 0 Å². The van der Waals surface area contributed by atoms with Gasteiger partial charge in [0.15, 0.2) is 0 Å². The van der Waals surface area contributed by atoms with Gasteiger partial charge in [-0.25, -0.2) is 8.42 Å². The van der Waals surface area contributed by atoms with Gasteiger partial charge in [0.05, 0.1) is 4.90 Å². The first kappa shape index (κ1) is 20.9. The quantitative estimate of drug-likeness (QED) is 0.821. The van der Waals surface area contributed by atoms with Crippen LogP contribution in [0.2, 0.25) is 0 Å². The van der Waals surface area contributed by atoms with Crippen LogP contribution in [0.3, 0.4) is 0 Å². The van der Waals surface area contributed by atoms with Crippen LogP contribution in [0.4, 0.5) is 0 Å². The van der Waals surface area contributed by atoms with Crippen LogP contribution < -0.4 is 5.32 Å². The maximum atomic E-state index is 12.8. The van der Waals surface area contributed by atoms with E-state index in [4.69, 9.17) is 0 Å². The highest BCUT2D eigenvalue weighted by Gasteiger charge is 2.33. The fraction of sp³-hybridized carbons (Fsp3) is 0.650. The number of piperidine rings is 1. The molecule has 1 aliphatic rings. The Labute approximate surface area is 158 Å². The molecule has 0 atom stereocenters. The molecule has 146 valence electrons. The van der Waals surface area contributed by atoms with Gasteiger partial charge in [-0.1, -0.05) is 32.9 Å². The van der Waals surface area contributed by atoms with Gasteiger partial charge in [-0.05, 0) is 56.7 Å². The first-order valence-electron chi connectivity index (χ1n) is 9.49. The molecule has 26 heavy (non-hydrogen) atoms. The number of benzene rings is 1. The van der Waals surface area contributed by atoms with Crippen LogP contribution in [-0.4, -0.2) is 37.3 Å². The number of carbonyl (C=O) groups excluding carboxylic acids is 1. The number of nitrogens with zero attached hydrogens (tertiary/aromatic N) is 1. The molecule has 1 heterocycles. The van der Waals surface area contributed by atoms with Crippen molar-refractivity contribution in [2.45, 2.75) is 70.2 Å². The van der Waals surface area contributed by atoms with Crippen molar-refractivity contribution in [3.05, 3.63) is 29.8 Å². The van der Waals surface area contributed by atoms with Gasteiger partial charge in [0.1, 0.15) is 0 Å². The van der Waals surface area contributed by atoms with Gasteiger partial charge < -0.3 is 5.32 Å². The van der Waals surface area contributed by atoms with Gasteiger partial charge in [-0.2, -0.15) is 4.31 Å². The second-order valence-electron chi connectivity index (χ2n) is 8.13. The van der Waals surface area contributed by atoms with E-state index in [1.54, 1.807) is 12.1 Å². The minimum absolute atomic E-state index is 0.0372. The second kappa shape index (κ2) is 8.09. The Morgan fingerprint density at radius 1 is 1.19 bits per heavy atom. The summed E-state index contributed by atoms with van der Waals surface area (Å²) in [5.41, 5.74) is 0.899. The molecule has 1 aromatic carbocycles. The molecule has 1 fully saturated rings. The summed E-state index contributed by atoms with van der Waals surface area (Å²) in [5, 5.41) is 3.07. The average Bonchev–Trinajstić information content (AvgIpc) is 2.61. The van der Waals surface area contributed by atoms with E-state index in [1.165, 1.54) is 4.31 Å². The molecule has 0 radical (unpaired) electrons. The van der Waals surface area contributed by atoms with E-state index < -0.39 is 10.0 Å². The second-order valence-corrected chi connectivity index (χ2v) is 10.1.